The zero-order valence-corrected chi connectivity index (χ0v) is 17.4. The van der Waals surface area contributed by atoms with Gasteiger partial charge in [-0.2, -0.15) is 0 Å². The number of aldehydes is 1. The molecule has 3 atom stereocenters. The van der Waals surface area contributed by atoms with Crippen LogP contribution < -0.4 is 5.32 Å². The summed E-state index contributed by atoms with van der Waals surface area (Å²) in [7, 11) is 0. The van der Waals surface area contributed by atoms with Gasteiger partial charge in [0.2, 0.25) is 11.8 Å². The highest BCUT2D eigenvalue weighted by molar-refractivity contribution is 5.79. The van der Waals surface area contributed by atoms with Crippen molar-refractivity contribution in [1.29, 1.82) is 0 Å². The fourth-order valence-corrected chi connectivity index (χ4v) is 3.75. The number of nitrogens with one attached hydrogen (secondary N) is 1. The first-order valence-corrected chi connectivity index (χ1v) is 10.5. The maximum Gasteiger partial charge on any atom is 0.225 e. The van der Waals surface area contributed by atoms with Gasteiger partial charge in [-0.05, 0) is 12.8 Å². The fraction of sp³-hybridized carbons (Fsp3) is 0.375. The largest absolute Gasteiger partial charge is 0.394 e. The molecule has 164 valence electrons. The quantitative estimate of drug-likeness (QED) is 0.738. The Kier molecular flexibility index (Phi) is 8.32. The van der Waals surface area contributed by atoms with Gasteiger partial charge in [-0.15, -0.1) is 0 Å². The minimum atomic E-state index is -0.147. The van der Waals surface area contributed by atoms with Crippen LogP contribution in [0.5, 0.6) is 0 Å². The van der Waals surface area contributed by atoms with Crippen molar-refractivity contribution in [3.05, 3.63) is 71.8 Å². The predicted molar refractivity (Wildman–Crippen MR) is 115 cm³/mol. The highest BCUT2D eigenvalue weighted by atomic mass is 16.5. The van der Waals surface area contributed by atoms with Crippen molar-refractivity contribution in [1.82, 2.24) is 10.2 Å². The Labute approximate surface area is 182 Å². The molecular weight excluding hydrogens is 396 g/mol. The summed E-state index contributed by atoms with van der Waals surface area (Å²) < 4.78 is 5.68. The van der Waals surface area contributed by atoms with E-state index in [-0.39, 0.29) is 30.7 Å². The van der Waals surface area contributed by atoms with Crippen LogP contribution in [0.15, 0.2) is 60.7 Å². The molecule has 0 bridgehead atoms. The van der Waals surface area contributed by atoms with Gasteiger partial charge in [-0.1, -0.05) is 60.7 Å². The Morgan fingerprint density at radius 1 is 1.00 bits per heavy atom. The van der Waals surface area contributed by atoms with E-state index in [0.29, 0.717) is 25.5 Å². The van der Waals surface area contributed by atoms with Crippen molar-refractivity contribution in [2.45, 2.75) is 44.0 Å². The maximum absolute atomic E-state index is 11.7. The number of carbonyl (C=O) groups is 3. The van der Waals surface area contributed by atoms with Crippen LogP contribution in [0.1, 0.15) is 47.8 Å². The van der Waals surface area contributed by atoms with Gasteiger partial charge < -0.3 is 20.1 Å². The van der Waals surface area contributed by atoms with Crippen molar-refractivity contribution in [3.63, 3.8) is 0 Å². The molecule has 2 aromatic carbocycles. The van der Waals surface area contributed by atoms with E-state index in [1.807, 2.05) is 53.4 Å². The number of carbonyl (C=O) groups excluding carboxylic acids is 3. The van der Waals surface area contributed by atoms with Gasteiger partial charge >= 0.3 is 0 Å². The molecule has 0 spiro atoms. The Bertz CT molecular complexity index is 859. The minimum absolute atomic E-state index is 0.0301. The third-order valence-corrected chi connectivity index (χ3v) is 5.40. The molecule has 2 N–H and O–H groups in total. The monoisotopic (exact) mass is 424 g/mol. The Balaban J connectivity index is 0.000000145. The number of rotatable bonds is 3. The van der Waals surface area contributed by atoms with Crippen molar-refractivity contribution in [3.8, 4) is 0 Å². The van der Waals surface area contributed by atoms with Crippen molar-refractivity contribution < 1.29 is 24.2 Å². The number of ether oxygens (including phenoxy) is 1. The maximum atomic E-state index is 11.7. The van der Waals surface area contributed by atoms with Crippen molar-refractivity contribution in [2.75, 3.05) is 13.2 Å². The SMILES string of the molecule is O=C1CC[C@@H](CO)N1.O=C1CC[C@H]2CO[C@H](c3ccccc3)N12.O=Cc1ccccc1. The normalized spacial score (nSPS) is 23.8. The molecule has 0 aliphatic carbocycles. The molecule has 0 aromatic heterocycles. The van der Waals surface area contributed by atoms with E-state index < -0.39 is 0 Å². The molecule has 0 saturated carbocycles. The molecule has 5 rings (SSSR count). The standard InChI is InChI=1S/C12H13NO2.C7H6O.C5H9NO2/c14-11-7-6-10-8-15-12(13(10)11)9-4-2-1-3-5-9;8-6-7-4-2-1-3-5-7;7-3-4-1-2-5(8)6-4/h1-5,10,12H,6-8H2;1-6H;4,7H,1-3H2,(H,6,8)/t10-,12+;;4-/m0.0/s1. The number of aliphatic hydroxyl groups is 1. The number of aliphatic hydroxyl groups excluding tert-OH is 1. The van der Waals surface area contributed by atoms with Crippen LogP contribution in [0, 0.1) is 0 Å². The van der Waals surface area contributed by atoms with Gasteiger partial charge in [0.25, 0.3) is 0 Å². The van der Waals surface area contributed by atoms with E-state index in [9.17, 15) is 14.4 Å². The van der Waals surface area contributed by atoms with Crippen LogP contribution >= 0.6 is 0 Å². The van der Waals surface area contributed by atoms with E-state index in [4.69, 9.17) is 9.84 Å². The molecule has 3 saturated heterocycles. The summed E-state index contributed by atoms with van der Waals surface area (Å²) in [6, 6.07) is 19.4. The lowest BCUT2D eigenvalue weighted by Gasteiger charge is -2.22. The molecule has 2 aromatic rings. The van der Waals surface area contributed by atoms with Crippen LogP contribution in [0.25, 0.3) is 0 Å². The van der Waals surface area contributed by atoms with Gasteiger partial charge in [-0.3, -0.25) is 14.4 Å². The van der Waals surface area contributed by atoms with E-state index >= 15 is 0 Å². The average Bonchev–Trinajstić information content (AvgIpc) is 3.54. The first kappa shape index (κ1) is 22.7. The second kappa shape index (κ2) is 11.4. The molecule has 3 fully saturated rings. The minimum Gasteiger partial charge on any atom is -0.394 e. The summed E-state index contributed by atoms with van der Waals surface area (Å²) in [6.07, 6.45) is 3.67. The molecule has 0 radical (unpaired) electrons. The van der Waals surface area contributed by atoms with E-state index in [0.717, 1.165) is 30.3 Å². The van der Waals surface area contributed by atoms with Gasteiger partial charge in [0.15, 0.2) is 6.23 Å². The second-order valence-corrected chi connectivity index (χ2v) is 7.60. The molecule has 3 heterocycles. The molecule has 7 heteroatoms. The van der Waals surface area contributed by atoms with Gasteiger partial charge in [0.05, 0.1) is 25.3 Å². The number of fused-ring (bicyclic) bond motifs is 1. The van der Waals surface area contributed by atoms with Crippen LogP contribution in [0.2, 0.25) is 0 Å². The third kappa shape index (κ3) is 6.23. The average molecular weight is 424 g/mol. The van der Waals surface area contributed by atoms with Crippen molar-refractivity contribution in [2.24, 2.45) is 0 Å². The number of hydrogen-bond donors (Lipinski definition) is 2. The van der Waals surface area contributed by atoms with E-state index in [2.05, 4.69) is 5.32 Å². The molecule has 31 heavy (non-hydrogen) atoms. The zero-order chi connectivity index (χ0) is 22.1. The zero-order valence-electron chi connectivity index (χ0n) is 17.4. The number of benzene rings is 2. The lowest BCUT2D eigenvalue weighted by Crippen LogP contribution is -2.30. The van der Waals surface area contributed by atoms with Gasteiger partial charge in [0, 0.05) is 24.0 Å². The summed E-state index contributed by atoms with van der Waals surface area (Å²) in [5, 5.41) is 11.1. The first-order valence-electron chi connectivity index (χ1n) is 10.5. The third-order valence-electron chi connectivity index (χ3n) is 5.40. The van der Waals surface area contributed by atoms with Crippen molar-refractivity contribution >= 4 is 18.1 Å². The molecule has 7 nitrogen and oxygen atoms in total. The van der Waals surface area contributed by atoms with E-state index in [1.165, 1.54) is 0 Å². The van der Waals surface area contributed by atoms with Crippen LogP contribution in [-0.2, 0) is 14.3 Å². The topological polar surface area (TPSA) is 95.9 Å². The molecular formula is C24H28N2O5. The Hall–Kier alpha value is -3.03. The highest BCUT2D eigenvalue weighted by Crippen LogP contribution is 2.36. The predicted octanol–water partition coefficient (Wildman–Crippen LogP) is 2.46. The van der Waals surface area contributed by atoms with Gasteiger partial charge in [0.1, 0.15) is 6.29 Å². The molecule has 3 aliphatic rings. The summed E-state index contributed by atoms with van der Waals surface area (Å²) in [6.45, 7) is 0.761. The fourth-order valence-electron chi connectivity index (χ4n) is 3.75. The van der Waals surface area contributed by atoms with Crippen LogP contribution in [0.3, 0.4) is 0 Å². The lowest BCUT2D eigenvalue weighted by atomic mass is 10.2. The summed E-state index contributed by atoms with van der Waals surface area (Å²) in [5.74, 6) is 0.287. The lowest BCUT2D eigenvalue weighted by molar-refractivity contribution is -0.134. The summed E-state index contributed by atoms with van der Waals surface area (Å²) in [5.41, 5.74) is 1.81. The van der Waals surface area contributed by atoms with E-state index in [1.54, 1.807) is 12.1 Å². The van der Waals surface area contributed by atoms with Crippen LogP contribution in [0.4, 0.5) is 0 Å². The summed E-state index contributed by atoms with van der Waals surface area (Å²) in [4.78, 5) is 34.0. The number of amides is 2. The summed E-state index contributed by atoms with van der Waals surface area (Å²) >= 11 is 0. The molecule has 0 unspecified atom stereocenters. The van der Waals surface area contributed by atoms with Crippen LogP contribution in [-0.4, -0.2) is 53.4 Å². The first-order chi connectivity index (χ1) is 15.1. The van der Waals surface area contributed by atoms with Gasteiger partial charge in [-0.25, -0.2) is 0 Å². The number of nitrogens with zero attached hydrogens (tertiary/aromatic N) is 1. The highest BCUT2D eigenvalue weighted by Gasteiger charge is 2.42. The second-order valence-electron chi connectivity index (χ2n) is 7.60. The molecule has 2 amide bonds. The number of hydrogen-bond acceptors (Lipinski definition) is 5. The Morgan fingerprint density at radius 2 is 1.68 bits per heavy atom. The smallest absolute Gasteiger partial charge is 0.225 e. The Morgan fingerprint density at radius 3 is 2.19 bits per heavy atom. The molecule has 3 aliphatic heterocycles.